The number of unbranched alkanes of at least 4 members (excludes halogenated alkanes) is 30. The molecule has 0 fully saturated rings. The van der Waals surface area contributed by atoms with Crippen molar-refractivity contribution in [1.29, 1.82) is 0 Å². The van der Waals surface area contributed by atoms with Crippen LogP contribution < -0.4 is 0 Å². The molecule has 0 bridgehead atoms. The van der Waals surface area contributed by atoms with E-state index >= 15 is 0 Å². The monoisotopic (exact) mass is 895 g/mol. The topological polar surface area (TPSA) is 64.6 Å². The molecule has 7 nitrogen and oxygen atoms in total. The van der Waals surface area contributed by atoms with E-state index in [0.717, 1.165) is 100 Å². The van der Waals surface area contributed by atoms with Crippen molar-refractivity contribution in [3.63, 3.8) is 0 Å². The van der Waals surface area contributed by atoms with E-state index < -0.39 is 0 Å². The van der Waals surface area contributed by atoms with Crippen LogP contribution in [0.2, 0.25) is 0 Å². The van der Waals surface area contributed by atoms with Crippen LogP contribution in [0.1, 0.15) is 286 Å². The quantitative estimate of drug-likeness (QED) is 0.0342. The molecule has 0 saturated carbocycles. The van der Waals surface area contributed by atoms with Gasteiger partial charge in [-0.25, -0.2) is 0 Å². The summed E-state index contributed by atoms with van der Waals surface area (Å²) >= 11 is 0. The standard InChI is InChI=1S/C56H110O7/c1-7-13-19-23-27-31-35-39-45-60-53(43-17-11-5)55(62-47-41-37-33-29-25-21-15-9-3)49-57-51-59-52-58-50-56(63-48-42-38-34-30-26-22-16-10-4)54(44-18-12-6)61-46-40-36-32-28-24-20-14-8-2/h7-52H2,1-6H3. The lowest BCUT2D eigenvalue weighted by Gasteiger charge is -2.19. The number of hydrogen-bond acceptors (Lipinski definition) is 7. The molecule has 0 aromatic rings. The van der Waals surface area contributed by atoms with Crippen LogP contribution in [0.3, 0.4) is 0 Å². The molecule has 0 aliphatic carbocycles. The third kappa shape index (κ3) is 44.2. The summed E-state index contributed by atoms with van der Waals surface area (Å²) < 4.78 is 44.0. The zero-order valence-electron chi connectivity index (χ0n) is 43.4. The van der Waals surface area contributed by atoms with Gasteiger partial charge in [-0.05, 0) is 38.5 Å². The lowest BCUT2D eigenvalue weighted by atomic mass is 10.1. The molecule has 0 saturated heterocycles. The predicted octanol–water partition coefficient (Wildman–Crippen LogP) is 18.4. The first-order valence-corrected chi connectivity index (χ1v) is 27.9. The zero-order valence-corrected chi connectivity index (χ0v) is 43.4. The van der Waals surface area contributed by atoms with Gasteiger partial charge in [0, 0.05) is 12.8 Å². The SMILES string of the molecule is CCCCCCCCCCOC(CCCC)=C(COCOCOCC(OCCCCCCCCCC)=C(CCCC)OCCCCCCCCCC)OCCCCCCCCCC. The summed E-state index contributed by atoms with van der Waals surface area (Å²) in [5.41, 5.74) is 0. The lowest BCUT2D eigenvalue weighted by molar-refractivity contribution is -0.132. The Bertz CT molecular complexity index is 876. The molecule has 0 aromatic carbocycles. The first kappa shape index (κ1) is 61.6. The fourth-order valence-electron chi connectivity index (χ4n) is 7.81. The van der Waals surface area contributed by atoms with Gasteiger partial charge in [0.2, 0.25) is 0 Å². The minimum atomic E-state index is 0.125. The van der Waals surface area contributed by atoms with E-state index in [-0.39, 0.29) is 13.6 Å². The highest BCUT2D eigenvalue weighted by Crippen LogP contribution is 2.21. The Hall–Kier alpha value is -1.44. The molecular formula is C56H110O7. The van der Waals surface area contributed by atoms with Gasteiger partial charge in [0.05, 0.1) is 26.4 Å². The molecule has 7 heteroatoms. The Morgan fingerprint density at radius 2 is 0.444 bits per heavy atom. The van der Waals surface area contributed by atoms with Gasteiger partial charge < -0.3 is 33.2 Å². The fraction of sp³-hybridized carbons (Fsp3) is 0.929. The van der Waals surface area contributed by atoms with Crippen molar-refractivity contribution in [1.82, 2.24) is 0 Å². The highest BCUT2D eigenvalue weighted by Gasteiger charge is 2.14. The third-order valence-electron chi connectivity index (χ3n) is 12.0. The molecule has 0 atom stereocenters. The van der Waals surface area contributed by atoms with Gasteiger partial charge in [0.15, 0.2) is 11.5 Å². The number of allylic oxidation sites excluding steroid dienone is 2. The van der Waals surface area contributed by atoms with Gasteiger partial charge in [-0.3, -0.25) is 0 Å². The van der Waals surface area contributed by atoms with Crippen molar-refractivity contribution >= 4 is 0 Å². The minimum Gasteiger partial charge on any atom is -0.494 e. The van der Waals surface area contributed by atoms with E-state index in [1.54, 1.807) is 0 Å². The second kappa shape index (κ2) is 53.2. The fourth-order valence-corrected chi connectivity index (χ4v) is 7.81. The second-order valence-corrected chi connectivity index (χ2v) is 18.3. The summed E-state index contributed by atoms with van der Waals surface area (Å²) in [6.45, 7) is 17.4. The summed E-state index contributed by atoms with van der Waals surface area (Å²) in [4.78, 5) is 0. The molecule has 0 spiro atoms. The largest absolute Gasteiger partial charge is 0.494 e. The van der Waals surface area contributed by atoms with E-state index in [2.05, 4.69) is 41.5 Å². The normalized spacial score (nSPS) is 12.4. The highest BCUT2D eigenvalue weighted by molar-refractivity contribution is 5.03. The summed E-state index contributed by atoms with van der Waals surface area (Å²) in [7, 11) is 0. The predicted molar refractivity (Wildman–Crippen MR) is 270 cm³/mol. The van der Waals surface area contributed by atoms with Crippen molar-refractivity contribution < 1.29 is 33.2 Å². The van der Waals surface area contributed by atoms with E-state index in [9.17, 15) is 0 Å². The van der Waals surface area contributed by atoms with E-state index in [1.807, 2.05) is 0 Å². The minimum absolute atomic E-state index is 0.125. The van der Waals surface area contributed by atoms with Crippen LogP contribution in [0, 0.1) is 0 Å². The van der Waals surface area contributed by atoms with Crippen molar-refractivity contribution in [3.05, 3.63) is 23.0 Å². The van der Waals surface area contributed by atoms with Crippen LogP contribution in [0.15, 0.2) is 23.0 Å². The second-order valence-electron chi connectivity index (χ2n) is 18.3. The van der Waals surface area contributed by atoms with Crippen LogP contribution in [-0.4, -0.2) is 53.2 Å². The van der Waals surface area contributed by atoms with Gasteiger partial charge in [-0.15, -0.1) is 0 Å². The molecule has 0 heterocycles. The third-order valence-corrected chi connectivity index (χ3v) is 12.0. The van der Waals surface area contributed by atoms with Crippen LogP contribution >= 0.6 is 0 Å². The Balaban J connectivity index is 5.34. The molecule has 0 aliphatic rings. The van der Waals surface area contributed by atoms with Crippen molar-refractivity contribution in [3.8, 4) is 0 Å². The molecule has 0 rings (SSSR count). The maximum absolute atomic E-state index is 6.47. The molecule has 0 amide bonds. The Kier molecular flexibility index (Phi) is 52.0. The van der Waals surface area contributed by atoms with Gasteiger partial charge in [0.25, 0.3) is 0 Å². The molecule has 0 radical (unpaired) electrons. The number of rotatable bonds is 54. The summed E-state index contributed by atoms with van der Waals surface area (Å²) in [5, 5.41) is 0. The summed E-state index contributed by atoms with van der Waals surface area (Å²) in [6.07, 6.45) is 47.2. The van der Waals surface area contributed by atoms with E-state index in [0.29, 0.717) is 26.4 Å². The van der Waals surface area contributed by atoms with Crippen LogP contribution in [0.4, 0.5) is 0 Å². The maximum atomic E-state index is 6.47. The van der Waals surface area contributed by atoms with E-state index in [4.69, 9.17) is 33.2 Å². The Labute approximate surface area is 393 Å². The van der Waals surface area contributed by atoms with Crippen LogP contribution in [0.25, 0.3) is 0 Å². The van der Waals surface area contributed by atoms with Crippen LogP contribution in [-0.2, 0) is 33.2 Å². The van der Waals surface area contributed by atoms with Crippen molar-refractivity contribution in [2.45, 2.75) is 286 Å². The summed E-state index contributed by atoms with van der Waals surface area (Å²) in [6, 6.07) is 0. The van der Waals surface area contributed by atoms with Gasteiger partial charge in [0.1, 0.15) is 38.3 Å². The zero-order chi connectivity index (χ0) is 45.8. The molecule has 0 aromatic heterocycles. The van der Waals surface area contributed by atoms with Gasteiger partial charge in [-0.2, -0.15) is 0 Å². The number of hydrogen-bond donors (Lipinski definition) is 0. The average molecular weight is 895 g/mol. The number of ether oxygens (including phenoxy) is 7. The molecule has 0 N–H and O–H groups in total. The first-order chi connectivity index (χ1) is 31.2. The molecule has 0 unspecified atom stereocenters. The van der Waals surface area contributed by atoms with Crippen LogP contribution in [0.5, 0.6) is 0 Å². The smallest absolute Gasteiger partial charge is 0.159 e. The maximum Gasteiger partial charge on any atom is 0.159 e. The van der Waals surface area contributed by atoms with E-state index in [1.165, 1.54) is 180 Å². The Morgan fingerprint density at radius 3 is 0.698 bits per heavy atom. The van der Waals surface area contributed by atoms with Gasteiger partial charge in [-0.1, -0.05) is 234 Å². The molecule has 0 aliphatic heterocycles. The average Bonchev–Trinajstić information content (AvgIpc) is 3.29. The summed E-state index contributed by atoms with van der Waals surface area (Å²) in [5.74, 6) is 3.60. The highest BCUT2D eigenvalue weighted by atomic mass is 16.7. The first-order valence-electron chi connectivity index (χ1n) is 27.9. The molecular weight excluding hydrogens is 785 g/mol. The Morgan fingerprint density at radius 1 is 0.222 bits per heavy atom. The van der Waals surface area contributed by atoms with Crippen molar-refractivity contribution in [2.24, 2.45) is 0 Å². The molecule has 63 heavy (non-hydrogen) atoms. The van der Waals surface area contributed by atoms with Gasteiger partial charge >= 0.3 is 0 Å². The molecule has 376 valence electrons. The van der Waals surface area contributed by atoms with Crippen molar-refractivity contribution in [2.75, 3.05) is 53.2 Å². The lowest BCUT2D eigenvalue weighted by Crippen LogP contribution is -2.14.